The van der Waals surface area contributed by atoms with Crippen molar-refractivity contribution in [1.82, 2.24) is 21.3 Å². The van der Waals surface area contributed by atoms with Crippen molar-refractivity contribution in [3.8, 4) is 0 Å². The first-order chi connectivity index (χ1) is 13.1. The molecule has 0 bridgehead atoms. The highest BCUT2D eigenvalue weighted by Crippen LogP contribution is 2.07. The highest BCUT2D eigenvalue weighted by Gasteiger charge is 2.14. The average Bonchev–Trinajstić information content (AvgIpc) is 2.62. The number of guanidine groups is 1. The molecule has 1 unspecified atom stereocenters. The Morgan fingerprint density at radius 3 is 2.41 bits per heavy atom. The zero-order valence-electron chi connectivity index (χ0n) is 18.4. The predicted octanol–water partition coefficient (Wildman–Crippen LogP) is 2.80. The second-order valence-electron chi connectivity index (χ2n) is 7.83. The molecular formula is C21H36IN5O2. The van der Waals surface area contributed by atoms with Crippen LogP contribution >= 0.6 is 24.0 Å². The van der Waals surface area contributed by atoms with Gasteiger partial charge in [-0.2, -0.15) is 0 Å². The van der Waals surface area contributed by atoms with E-state index < -0.39 is 0 Å². The van der Waals surface area contributed by atoms with Crippen LogP contribution in [0.2, 0.25) is 0 Å². The van der Waals surface area contributed by atoms with Crippen molar-refractivity contribution in [2.75, 3.05) is 13.1 Å². The molecule has 8 heteroatoms. The van der Waals surface area contributed by atoms with Gasteiger partial charge in [0.15, 0.2) is 5.96 Å². The fourth-order valence-corrected chi connectivity index (χ4v) is 2.36. The summed E-state index contributed by atoms with van der Waals surface area (Å²) in [6.45, 7) is 13.0. The maximum atomic E-state index is 12.3. The standard InChI is InChI=1S/C21H35N5O2.HI/c1-7-15(3)25-19(28)17-11-9-10-16(12-17)13-23-20(22-8-2)24-14-18(27)26-21(4,5)6;/h9-12,15H,7-8,13-14H2,1-6H3,(H,25,28)(H,26,27)(H2,22,23,24);1H. The third kappa shape index (κ3) is 11.7. The van der Waals surface area contributed by atoms with Crippen molar-refractivity contribution in [2.24, 2.45) is 4.99 Å². The van der Waals surface area contributed by atoms with Crippen molar-refractivity contribution in [1.29, 1.82) is 0 Å². The van der Waals surface area contributed by atoms with Gasteiger partial charge in [0.25, 0.3) is 5.91 Å². The second kappa shape index (κ2) is 13.4. The normalized spacial score (nSPS) is 12.4. The molecule has 1 aromatic rings. The molecule has 1 aromatic carbocycles. The summed E-state index contributed by atoms with van der Waals surface area (Å²) in [5, 5.41) is 12.0. The molecule has 7 nitrogen and oxygen atoms in total. The Balaban J connectivity index is 0.00000784. The zero-order chi connectivity index (χ0) is 21.2. The van der Waals surface area contributed by atoms with E-state index in [-0.39, 0.29) is 53.9 Å². The maximum absolute atomic E-state index is 12.3. The topological polar surface area (TPSA) is 94.6 Å². The number of nitrogens with one attached hydrogen (secondary N) is 4. The first kappa shape index (κ1) is 27.2. The number of aliphatic imine (C=N–C) groups is 1. The molecule has 0 radical (unpaired) electrons. The van der Waals surface area contributed by atoms with Crippen LogP contribution in [0.15, 0.2) is 29.3 Å². The molecule has 0 saturated heterocycles. The van der Waals surface area contributed by atoms with Gasteiger partial charge in [-0.3, -0.25) is 9.59 Å². The van der Waals surface area contributed by atoms with Gasteiger partial charge in [-0.25, -0.2) is 4.99 Å². The number of benzene rings is 1. The van der Waals surface area contributed by atoms with E-state index in [1.807, 2.05) is 59.7 Å². The maximum Gasteiger partial charge on any atom is 0.251 e. The van der Waals surface area contributed by atoms with E-state index in [1.54, 1.807) is 6.07 Å². The molecule has 0 heterocycles. The Labute approximate surface area is 191 Å². The lowest BCUT2D eigenvalue weighted by molar-refractivity contribution is -0.121. The van der Waals surface area contributed by atoms with E-state index in [0.717, 1.165) is 12.0 Å². The summed E-state index contributed by atoms with van der Waals surface area (Å²) in [6.07, 6.45) is 0.885. The number of carbonyl (C=O) groups excluding carboxylic acids is 2. The molecule has 0 aliphatic rings. The molecule has 1 atom stereocenters. The van der Waals surface area contributed by atoms with Crippen LogP contribution in [0.25, 0.3) is 0 Å². The second-order valence-corrected chi connectivity index (χ2v) is 7.83. The van der Waals surface area contributed by atoms with E-state index in [4.69, 9.17) is 0 Å². The van der Waals surface area contributed by atoms with Crippen LogP contribution in [0, 0.1) is 0 Å². The van der Waals surface area contributed by atoms with Crippen LogP contribution in [0.4, 0.5) is 0 Å². The number of amides is 2. The average molecular weight is 517 g/mol. The molecule has 0 aromatic heterocycles. The smallest absolute Gasteiger partial charge is 0.251 e. The first-order valence-electron chi connectivity index (χ1n) is 9.87. The SMILES string of the molecule is CCNC(=NCc1cccc(C(=O)NC(C)CC)c1)NCC(=O)NC(C)(C)C.I. The molecule has 0 spiro atoms. The Bertz CT molecular complexity index is 686. The number of nitrogens with zero attached hydrogens (tertiary/aromatic N) is 1. The van der Waals surface area contributed by atoms with Crippen LogP contribution in [0.1, 0.15) is 63.9 Å². The minimum atomic E-state index is -0.273. The van der Waals surface area contributed by atoms with Crippen molar-refractivity contribution in [2.45, 2.75) is 66.1 Å². The van der Waals surface area contributed by atoms with E-state index in [9.17, 15) is 9.59 Å². The van der Waals surface area contributed by atoms with Gasteiger partial charge in [0.1, 0.15) is 0 Å². The van der Waals surface area contributed by atoms with Gasteiger partial charge in [-0.15, -0.1) is 24.0 Å². The van der Waals surface area contributed by atoms with Gasteiger partial charge in [0.2, 0.25) is 5.91 Å². The predicted molar refractivity (Wildman–Crippen MR) is 130 cm³/mol. The lowest BCUT2D eigenvalue weighted by Gasteiger charge is -2.21. The number of hydrogen-bond donors (Lipinski definition) is 4. The van der Waals surface area contributed by atoms with Crippen LogP contribution in [-0.4, -0.2) is 42.4 Å². The minimum Gasteiger partial charge on any atom is -0.357 e. The molecule has 2 amide bonds. The van der Waals surface area contributed by atoms with Crippen LogP contribution in [-0.2, 0) is 11.3 Å². The van der Waals surface area contributed by atoms with Crippen molar-refractivity contribution < 1.29 is 9.59 Å². The van der Waals surface area contributed by atoms with Crippen molar-refractivity contribution in [3.05, 3.63) is 35.4 Å². The number of halogens is 1. The molecular weight excluding hydrogens is 481 g/mol. The summed E-state index contributed by atoms with van der Waals surface area (Å²) in [4.78, 5) is 28.8. The minimum absolute atomic E-state index is 0. The molecule has 4 N–H and O–H groups in total. The highest BCUT2D eigenvalue weighted by atomic mass is 127. The third-order valence-electron chi connectivity index (χ3n) is 3.87. The van der Waals surface area contributed by atoms with Gasteiger partial charge >= 0.3 is 0 Å². The molecule has 164 valence electrons. The quantitative estimate of drug-likeness (QED) is 0.242. The summed E-state index contributed by atoms with van der Waals surface area (Å²) in [7, 11) is 0. The number of carbonyl (C=O) groups is 2. The van der Waals surface area contributed by atoms with E-state index >= 15 is 0 Å². The Morgan fingerprint density at radius 2 is 1.83 bits per heavy atom. The van der Waals surface area contributed by atoms with Gasteiger partial charge in [-0.05, 0) is 58.7 Å². The largest absolute Gasteiger partial charge is 0.357 e. The fourth-order valence-electron chi connectivity index (χ4n) is 2.36. The molecule has 0 aliphatic heterocycles. The summed E-state index contributed by atoms with van der Waals surface area (Å²) in [5.74, 6) is 0.381. The van der Waals surface area contributed by atoms with Crippen LogP contribution < -0.4 is 21.3 Å². The third-order valence-corrected chi connectivity index (χ3v) is 3.87. The van der Waals surface area contributed by atoms with Gasteiger partial charge < -0.3 is 21.3 Å². The first-order valence-corrected chi connectivity index (χ1v) is 9.87. The summed E-state index contributed by atoms with van der Waals surface area (Å²) in [5.41, 5.74) is 1.27. The van der Waals surface area contributed by atoms with Crippen molar-refractivity contribution in [3.63, 3.8) is 0 Å². The lowest BCUT2D eigenvalue weighted by Crippen LogP contribution is -2.48. The molecule has 1 rings (SSSR count). The Morgan fingerprint density at radius 1 is 1.14 bits per heavy atom. The summed E-state index contributed by atoms with van der Waals surface area (Å²) in [6, 6.07) is 7.56. The van der Waals surface area contributed by atoms with Gasteiger partial charge in [0, 0.05) is 23.7 Å². The van der Waals surface area contributed by atoms with Crippen LogP contribution in [0.5, 0.6) is 0 Å². The van der Waals surface area contributed by atoms with E-state index in [1.165, 1.54) is 0 Å². The summed E-state index contributed by atoms with van der Waals surface area (Å²) >= 11 is 0. The number of hydrogen-bond acceptors (Lipinski definition) is 3. The molecule has 29 heavy (non-hydrogen) atoms. The van der Waals surface area contributed by atoms with E-state index in [0.29, 0.717) is 24.6 Å². The van der Waals surface area contributed by atoms with Crippen LogP contribution in [0.3, 0.4) is 0 Å². The summed E-state index contributed by atoms with van der Waals surface area (Å²) < 4.78 is 0. The zero-order valence-corrected chi connectivity index (χ0v) is 20.7. The van der Waals surface area contributed by atoms with Crippen molar-refractivity contribution >= 4 is 41.8 Å². The molecule has 0 fully saturated rings. The molecule has 0 saturated carbocycles. The van der Waals surface area contributed by atoms with Gasteiger partial charge in [-0.1, -0.05) is 19.1 Å². The fraction of sp³-hybridized carbons (Fsp3) is 0.571. The highest BCUT2D eigenvalue weighted by molar-refractivity contribution is 14.0. The van der Waals surface area contributed by atoms with E-state index in [2.05, 4.69) is 26.3 Å². The Kier molecular flexibility index (Phi) is 12.5. The lowest BCUT2D eigenvalue weighted by atomic mass is 10.1. The molecule has 0 aliphatic carbocycles. The number of rotatable bonds is 8. The monoisotopic (exact) mass is 517 g/mol. The van der Waals surface area contributed by atoms with Gasteiger partial charge in [0.05, 0.1) is 13.1 Å². The Hall–Kier alpha value is -1.84.